The van der Waals surface area contributed by atoms with Gasteiger partial charge >= 0.3 is 0 Å². The van der Waals surface area contributed by atoms with Gasteiger partial charge in [-0.2, -0.15) is 0 Å². The topological polar surface area (TPSA) is 49.6 Å². The highest BCUT2D eigenvalue weighted by atomic mass is 16.3. The van der Waals surface area contributed by atoms with Crippen LogP contribution in [0.3, 0.4) is 0 Å². The molecular weight excluding hydrogens is 202 g/mol. The van der Waals surface area contributed by atoms with E-state index in [-0.39, 0.29) is 0 Å². The van der Waals surface area contributed by atoms with Crippen LogP contribution in [0.4, 0.5) is 0 Å². The van der Waals surface area contributed by atoms with Crippen molar-refractivity contribution in [2.75, 3.05) is 13.1 Å². The third-order valence-corrected chi connectivity index (χ3v) is 3.28. The summed E-state index contributed by atoms with van der Waals surface area (Å²) in [5.41, 5.74) is 0.802. The fourth-order valence-electron chi connectivity index (χ4n) is 2.41. The van der Waals surface area contributed by atoms with E-state index in [0.717, 1.165) is 37.3 Å². The Balaban J connectivity index is 2.06. The summed E-state index contributed by atoms with van der Waals surface area (Å²) in [5, 5.41) is 13.1. The van der Waals surface area contributed by atoms with Gasteiger partial charge in [0.2, 0.25) is 0 Å². The van der Waals surface area contributed by atoms with Crippen molar-refractivity contribution in [3.63, 3.8) is 0 Å². The van der Waals surface area contributed by atoms with Crippen LogP contribution >= 0.6 is 0 Å². The van der Waals surface area contributed by atoms with Gasteiger partial charge in [-0.1, -0.05) is 0 Å². The third kappa shape index (κ3) is 1.46. The highest BCUT2D eigenvalue weighted by Crippen LogP contribution is 2.27. The number of aromatic hydroxyl groups is 1. The Morgan fingerprint density at radius 3 is 3.00 bits per heavy atom. The predicted molar refractivity (Wildman–Crippen MR) is 61.7 cm³/mol. The van der Waals surface area contributed by atoms with Gasteiger partial charge in [0.05, 0.1) is 6.20 Å². The van der Waals surface area contributed by atoms with E-state index in [9.17, 15) is 5.11 Å². The van der Waals surface area contributed by atoms with Crippen molar-refractivity contribution in [2.24, 2.45) is 0 Å². The van der Waals surface area contributed by atoms with E-state index in [1.807, 2.05) is 16.7 Å². The van der Waals surface area contributed by atoms with E-state index in [1.165, 1.54) is 0 Å². The summed E-state index contributed by atoms with van der Waals surface area (Å²) < 4.78 is 2.01. The molecule has 0 radical (unpaired) electrons. The van der Waals surface area contributed by atoms with Gasteiger partial charge in [0.15, 0.2) is 0 Å². The van der Waals surface area contributed by atoms with Crippen molar-refractivity contribution in [2.45, 2.75) is 18.8 Å². The Morgan fingerprint density at radius 1 is 1.38 bits per heavy atom. The van der Waals surface area contributed by atoms with Gasteiger partial charge in [-0.25, -0.2) is 4.98 Å². The van der Waals surface area contributed by atoms with Crippen molar-refractivity contribution in [3.8, 4) is 5.75 Å². The summed E-state index contributed by atoms with van der Waals surface area (Å²) in [6.45, 7) is 2.11. The molecule has 1 aliphatic heterocycles. The summed E-state index contributed by atoms with van der Waals surface area (Å²) in [5.74, 6) is 1.88. The molecule has 0 unspecified atom stereocenters. The van der Waals surface area contributed by atoms with Crippen LogP contribution in [0.15, 0.2) is 24.5 Å². The molecule has 2 aromatic heterocycles. The minimum atomic E-state index is 0.301. The molecule has 2 N–H and O–H groups in total. The number of fused-ring (bicyclic) bond motifs is 1. The van der Waals surface area contributed by atoms with Crippen LogP contribution in [0, 0.1) is 0 Å². The lowest BCUT2D eigenvalue weighted by Gasteiger charge is -2.21. The van der Waals surface area contributed by atoms with Gasteiger partial charge in [-0.15, -0.1) is 0 Å². The first-order chi connectivity index (χ1) is 7.86. The predicted octanol–water partition coefficient (Wildman–Crippen LogP) is 1.51. The van der Waals surface area contributed by atoms with Crippen LogP contribution in [-0.4, -0.2) is 27.6 Å². The Kier molecular flexibility index (Phi) is 2.29. The third-order valence-electron chi connectivity index (χ3n) is 3.28. The maximum absolute atomic E-state index is 9.71. The summed E-state index contributed by atoms with van der Waals surface area (Å²) in [6, 6.07) is 3.55. The zero-order chi connectivity index (χ0) is 11.0. The molecule has 3 heterocycles. The van der Waals surface area contributed by atoms with E-state index in [1.54, 1.807) is 12.3 Å². The molecule has 4 nitrogen and oxygen atoms in total. The highest BCUT2D eigenvalue weighted by Gasteiger charge is 2.19. The molecule has 0 amide bonds. The van der Waals surface area contributed by atoms with Crippen LogP contribution in [-0.2, 0) is 0 Å². The fraction of sp³-hybridized carbons (Fsp3) is 0.417. The molecule has 1 saturated heterocycles. The summed E-state index contributed by atoms with van der Waals surface area (Å²) in [4.78, 5) is 4.46. The van der Waals surface area contributed by atoms with Gasteiger partial charge in [0, 0.05) is 12.1 Å². The van der Waals surface area contributed by atoms with Crippen molar-refractivity contribution >= 4 is 5.52 Å². The number of hydrogen-bond acceptors (Lipinski definition) is 3. The van der Waals surface area contributed by atoms with Crippen LogP contribution in [0.2, 0.25) is 0 Å². The molecule has 1 aliphatic rings. The van der Waals surface area contributed by atoms with E-state index >= 15 is 0 Å². The number of imidazole rings is 1. The second-order valence-corrected chi connectivity index (χ2v) is 4.29. The molecule has 84 valence electrons. The fourth-order valence-corrected chi connectivity index (χ4v) is 2.41. The standard InChI is InChI=1S/C12H15N3O/c16-11-2-1-7-15-10(11)8-14-12(15)9-3-5-13-6-4-9/h1-2,7-9,13,16H,3-6H2. The average molecular weight is 217 g/mol. The molecule has 4 heteroatoms. The Hall–Kier alpha value is -1.55. The minimum Gasteiger partial charge on any atom is -0.506 e. The van der Waals surface area contributed by atoms with Crippen LogP contribution in [0.1, 0.15) is 24.6 Å². The molecule has 0 bridgehead atoms. The molecule has 2 aromatic rings. The molecule has 1 fully saturated rings. The van der Waals surface area contributed by atoms with Crippen LogP contribution in [0.5, 0.6) is 5.75 Å². The molecule has 3 rings (SSSR count). The first kappa shape index (κ1) is 9.66. The summed E-state index contributed by atoms with van der Waals surface area (Å²) >= 11 is 0. The SMILES string of the molecule is Oc1cccn2c(C3CCNCC3)ncc12. The minimum absolute atomic E-state index is 0.301. The number of hydrogen-bond donors (Lipinski definition) is 2. The first-order valence-electron chi connectivity index (χ1n) is 5.72. The smallest absolute Gasteiger partial charge is 0.141 e. The highest BCUT2D eigenvalue weighted by molar-refractivity contribution is 5.58. The van der Waals surface area contributed by atoms with Crippen LogP contribution < -0.4 is 5.32 Å². The Labute approximate surface area is 93.9 Å². The monoisotopic (exact) mass is 217 g/mol. The lowest BCUT2D eigenvalue weighted by atomic mass is 9.97. The molecular formula is C12H15N3O. The van der Waals surface area contributed by atoms with Crippen molar-refractivity contribution in [3.05, 3.63) is 30.4 Å². The van der Waals surface area contributed by atoms with Crippen LogP contribution in [0.25, 0.3) is 5.52 Å². The molecule has 16 heavy (non-hydrogen) atoms. The van der Waals surface area contributed by atoms with Crippen molar-refractivity contribution < 1.29 is 5.11 Å². The maximum atomic E-state index is 9.71. The normalized spacial score (nSPS) is 18.0. The summed E-state index contributed by atoms with van der Waals surface area (Å²) in [7, 11) is 0. The zero-order valence-corrected chi connectivity index (χ0v) is 9.06. The molecule has 0 saturated carbocycles. The van der Waals surface area contributed by atoms with E-state index < -0.39 is 0 Å². The molecule has 0 atom stereocenters. The Morgan fingerprint density at radius 2 is 2.19 bits per heavy atom. The van der Waals surface area contributed by atoms with Gasteiger partial charge in [0.25, 0.3) is 0 Å². The van der Waals surface area contributed by atoms with Gasteiger partial charge in [-0.3, -0.25) is 0 Å². The lowest BCUT2D eigenvalue weighted by molar-refractivity contribution is 0.443. The van der Waals surface area contributed by atoms with E-state index in [4.69, 9.17) is 0 Å². The largest absolute Gasteiger partial charge is 0.506 e. The lowest BCUT2D eigenvalue weighted by Crippen LogP contribution is -2.27. The number of pyridine rings is 1. The molecule has 0 aliphatic carbocycles. The number of rotatable bonds is 1. The van der Waals surface area contributed by atoms with Crippen molar-refractivity contribution in [1.29, 1.82) is 0 Å². The Bertz CT molecular complexity index is 500. The second-order valence-electron chi connectivity index (χ2n) is 4.29. The maximum Gasteiger partial charge on any atom is 0.141 e. The first-order valence-corrected chi connectivity index (χ1v) is 5.72. The number of nitrogens with one attached hydrogen (secondary N) is 1. The summed E-state index contributed by atoms with van der Waals surface area (Å²) in [6.07, 6.45) is 5.97. The number of nitrogens with zero attached hydrogens (tertiary/aromatic N) is 2. The van der Waals surface area contributed by atoms with Crippen molar-refractivity contribution in [1.82, 2.24) is 14.7 Å². The van der Waals surface area contributed by atoms with E-state index in [0.29, 0.717) is 11.7 Å². The zero-order valence-electron chi connectivity index (χ0n) is 9.06. The van der Waals surface area contributed by atoms with Gasteiger partial charge < -0.3 is 14.8 Å². The molecule has 0 spiro atoms. The van der Waals surface area contributed by atoms with Gasteiger partial charge in [-0.05, 0) is 38.1 Å². The molecule has 0 aromatic carbocycles. The van der Waals surface area contributed by atoms with Gasteiger partial charge in [0.1, 0.15) is 17.1 Å². The number of aromatic nitrogens is 2. The average Bonchev–Trinajstić information content (AvgIpc) is 2.75. The van der Waals surface area contributed by atoms with E-state index in [2.05, 4.69) is 10.3 Å². The quantitative estimate of drug-likeness (QED) is 0.761. The number of piperidine rings is 1. The second kappa shape index (κ2) is 3.79.